The molecule has 0 aromatic heterocycles. The number of carbonyl (C=O) groups is 1. The van der Waals surface area contributed by atoms with E-state index in [-0.39, 0.29) is 12.0 Å². The molecule has 1 fully saturated rings. The Labute approximate surface area is 191 Å². The maximum Gasteiger partial charge on any atom is 0.274 e. The number of amides is 1. The van der Waals surface area contributed by atoms with Gasteiger partial charge in [-0.15, -0.1) is 0 Å². The van der Waals surface area contributed by atoms with Crippen LogP contribution >= 0.6 is 10.8 Å². The van der Waals surface area contributed by atoms with Gasteiger partial charge in [0.2, 0.25) is 0 Å². The van der Waals surface area contributed by atoms with Crippen LogP contribution in [0.4, 0.5) is 0 Å². The van der Waals surface area contributed by atoms with Crippen LogP contribution < -0.4 is 4.74 Å². The molecule has 2 heterocycles. The molecule has 172 valence electrons. The van der Waals surface area contributed by atoms with Crippen LogP contribution in [0.25, 0.3) is 0 Å². The summed E-state index contributed by atoms with van der Waals surface area (Å²) in [6.45, 7) is 3.23. The number of hydrogen-bond acceptors (Lipinski definition) is 5. The molecular weight excluding hydrogens is 424 g/mol. The summed E-state index contributed by atoms with van der Waals surface area (Å²) < 4.78 is 28.8. The van der Waals surface area contributed by atoms with E-state index in [0.717, 1.165) is 51.1 Å². The number of ether oxygens (including phenoxy) is 1. The van der Waals surface area contributed by atoms with Crippen LogP contribution in [0.15, 0.2) is 47.4 Å². The molecule has 2 N–H and O–H groups in total. The van der Waals surface area contributed by atoms with Gasteiger partial charge in [-0.2, -0.15) is 0 Å². The number of unbranched alkanes of at least 4 members (excludes halogenated alkanes) is 1. The van der Waals surface area contributed by atoms with Gasteiger partial charge in [0.05, 0.1) is 10.5 Å². The second kappa shape index (κ2) is 9.06. The van der Waals surface area contributed by atoms with Gasteiger partial charge in [-0.3, -0.25) is 18.8 Å². The van der Waals surface area contributed by atoms with Gasteiger partial charge in [-0.25, -0.2) is 4.31 Å². The highest BCUT2D eigenvalue weighted by Gasteiger charge is 2.40. The predicted molar refractivity (Wildman–Crippen MR) is 126 cm³/mol. The Morgan fingerprint density at radius 1 is 1.00 bits per heavy atom. The molecular formula is C25H32N2O4S. The Bertz CT molecular complexity index is 996. The first-order valence-corrected chi connectivity index (χ1v) is 13.2. The lowest BCUT2D eigenvalue weighted by Crippen LogP contribution is -2.30. The smallest absolute Gasteiger partial charge is 0.274 e. The topological polar surface area (TPSA) is 73.2 Å². The molecule has 1 amide bonds. The van der Waals surface area contributed by atoms with E-state index in [9.17, 15) is 13.9 Å². The monoisotopic (exact) mass is 456 g/mol. The van der Waals surface area contributed by atoms with E-state index in [2.05, 4.69) is 23.1 Å². The molecule has 32 heavy (non-hydrogen) atoms. The van der Waals surface area contributed by atoms with Gasteiger partial charge in [-0.05, 0) is 80.8 Å². The Kier molecular flexibility index (Phi) is 6.16. The molecule has 7 heteroatoms. The van der Waals surface area contributed by atoms with Crippen LogP contribution in [-0.4, -0.2) is 56.5 Å². The molecule has 0 bridgehead atoms. The van der Waals surface area contributed by atoms with Gasteiger partial charge in [0, 0.05) is 19.6 Å². The van der Waals surface area contributed by atoms with Crippen LogP contribution in [0.2, 0.25) is 0 Å². The lowest BCUT2D eigenvalue weighted by atomic mass is 9.91. The maximum atomic E-state index is 12.6. The third-order valence-electron chi connectivity index (χ3n) is 6.91. The number of hydrogen-bond donors (Lipinski definition) is 2. The fraction of sp³-hybridized carbons (Fsp3) is 0.480. The third kappa shape index (κ3) is 4.15. The van der Waals surface area contributed by atoms with Crippen LogP contribution in [0, 0.1) is 0 Å². The molecule has 1 saturated heterocycles. The van der Waals surface area contributed by atoms with Gasteiger partial charge in [0.1, 0.15) is 11.9 Å². The Balaban J connectivity index is 1.09. The summed E-state index contributed by atoms with van der Waals surface area (Å²) in [5.41, 5.74) is 3.27. The number of rotatable bonds is 7. The van der Waals surface area contributed by atoms with Crippen molar-refractivity contribution in [2.24, 2.45) is 0 Å². The standard InChI is InChI=1S/C25H32N2O4S/c28-25-22-11-3-4-13-24(22)32(29,30)27(25)16-6-5-15-26-17-14-20(18-26)31-23-12-7-9-19-8-1-2-10-21(19)23/h3-4,7,9,11-13,20,29-30H,1-2,5-6,8,10,14-18H2. The van der Waals surface area contributed by atoms with Crippen molar-refractivity contribution in [3.05, 3.63) is 59.2 Å². The zero-order chi connectivity index (χ0) is 22.1. The molecule has 5 rings (SSSR count). The minimum Gasteiger partial charge on any atom is -0.489 e. The first-order valence-electron chi connectivity index (χ1n) is 11.7. The van der Waals surface area contributed by atoms with Gasteiger partial charge in [0.15, 0.2) is 0 Å². The summed E-state index contributed by atoms with van der Waals surface area (Å²) in [5, 5.41) is 0. The highest BCUT2D eigenvalue weighted by atomic mass is 32.3. The van der Waals surface area contributed by atoms with E-state index in [4.69, 9.17) is 4.74 Å². The molecule has 2 aromatic carbocycles. The number of fused-ring (bicyclic) bond motifs is 2. The summed E-state index contributed by atoms with van der Waals surface area (Å²) in [7, 11) is -3.20. The van der Waals surface area contributed by atoms with E-state index in [0.29, 0.717) is 17.0 Å². The zero-order valence-electron chi connectivity index (χ0n) is 18.4. The highest BCUT2D eigenvalue weighted by molar-refractivity contribution is 8.23. The lowest BCUT2D eigenvalue weighted by Gasteiger charge is -2.37. The van der Waals surface area contributed by atoms with E-state index in [1.807, 2.05) is 0 Å². The summed E-state index contributed by atoms with van der Waals surface area (Å²) in [5.74, 6) is 0.799. The van der Waals surface area contributed by atoms with E-state index in [1.165, 1.54) is 34.7 Å². The van der Waals surface area contributed by atoms with Crippen molar-refractivity contribution in [1.29, 1.82) is 0 Å². The molecule has 6 nitrogen and oxygen atoms in total. The van der Waals surface area contributed by atoms with Crippen molar-refractivity contribution >= 4 is 16.7 Å². The van der Waals surface area contributed by atoms with Crippen LogP contribution in [-0.2, 0) is 12.8 Å². The molecule has 2 aliphatic heterocycles. The number of benzene rings is 2. The van der Waals surface area contributed by atoms with E-state index in [1.54, 1.807) is 24.3 Å². The van der Waals surface area contributed by atoms with E-state index < -0.39 is 10.8 Å². The second-order valence-corrected chi connectivity index (χ2v) is 11.0. The normalized spacial score (nSPS) is 23.1. The third-order valence-corrected chi connectivity index (χ3v) is 8.82. The average Bonchev–Trinajstić information content (AvgIpc) is 3.33. The summed E-state index contributed by atoms with van der Waals surface area (Å²) in [6.07, 6.45) is 7.72. The first-order chi connectivity index (χ1) is 15.5. The minimum absolute atomic E-state index is 0.227. The number of nitrogens with zero attached hydrogens (tertiary/aromatic N) is 2. The van der Waals surface area contributed by atoms with Crippen molar-refractivity contribution in [3.8, 4) is 5.75 Å². The van der Waals surface area contributed by atoms with Crippen molar-refractivity contribution in [2.45, 2.75) is 55.9 Å². The number of likely N-dealkylation sites (tertiary alicyclic amines) is 1. The SMILES string of the molecule is O=C1c2ccccc2S(O)(O)N1CCCCN1CCC(Oc2cccc3c2CCCC3)C1. The largest absolute Gasteiger partial charge is 0.489 e. The van der Waals surface area contributed by atoms with Gasteiger partial charge >= 0.3 is 0 Å². The molecule has 1 aliphatic carbocycles. The fourth-order valence-corrected chi connectivity index (χ4v) is 6.87. The Hall–Kier alpha value is -2.06. The van der Waals surface area contributed by atoms with Gasteiger partial charge in [-0.1, -0.05) is 35.0 Å². The Morgan fingerprint density at radius 3 is 2.69 bits per heavy atom. The average molecular weight is 457 g/mol. The molecule has 3 aliphatic rings. The van der Waals surface area contributed by atoms with Crippen molar-refractivity contribution in [1.82, 2.24) is 9.21 Å². The van der Waals surface area contributed by atoms with Gasteiger partial charge in [0.25, 0.3) is 5.91 Å². The maximum absolute atomic E-state index is 12.6. The molecule has 0 saturated carbocycles. The summed E-state index contributed by atoms with van der Waals surface area (Å²) >= 11 is 0. The first kappa shape index (κ1) is 21.8. The minimum atomic E-state index is -3.20. The summed E-state index contributed by atoms with van der Waals surface area (Å²) in [6, 6.07) is 13.3. The quantitative estimate of drug-likeness (QED) is 0.575. The predicted octanol–water partition coefficient (Wildman–Crippen LogP) is 4.98. The second-order valence-electron chi connectivity index (χ2n) is 9.06. The van der Waals surface area contributed by atoms with Crippen LogP contribution in [0.1, 0.15) is 53.6 Å². The van der Waals surface area contributed by atoms with Crippen molar-refractivity contribution < 1.29 is 18.6 Å². The molecule has 1 atom stereocenters. The lowest BCUT2D eigenvalue weighted by molar-refractivity contribution is 0.0860. The van der Waals surface area contributed by atoms with Crippen LogP contribution in [0.5, 0.6) is 5.75 Å². The molecule has 0 radical (unpaired) electrons. The van der Waals surface area contributed by atoms with Crippen LogP contribution in [0.3, 0.4) is 0 Å². The summed E-state index contributed by atoms with van der Waals surface area (Å²) in [4.78, 5) is 15.4. The fourth-order valence-electron chi connectivity index (χ4n) is 5.20. The number of aryl methyl sites for hydroxylation is 1. The van der Waals surface area contributed by atoms with Crippen molar-refractivity contribution in [2.75, 3.05) is 26.2 Å². The van der Waals surface area contributed by atoms with E-state index >= 15 is 0 Å². The van der Waals surface area contributed by atoms with Gasteiger partial charge < -0.3 is 4.74 Å². The zero-order valence-corrected chi connectivity index (χ0v) is 19.2. The van der Waals surface area contributed by atoms with Crippen molar-refractivity contribution in [3.63, 3.8) is 0 Å². The number of carbonyl (C=O) groups excluding carboxylic acids is 1. The highest BCUT2D eigenvalue weighted by Crippen LogP contribution is 2.58. The molecule has 1 unspecified atom stereocenters. The Morgan fingerprint density at radius 2 is 1.81 bits per heavy atom. The molecule has 2 aromatic rings. The molecule has 0 spiro atoms.